The summed E-state index contributed by atoms with van der Waals surface area (Å²) in [4.78, 5) is 23.4. The molecule has 5 heteroatoms. The van der Waals surface area contributed by atoms with E-state index in [1.54, 1.807) is 0 Å². The van der Waals surface area contributed by atoms with E-state index in [-0.39, 0.29) is 24.2 Å². The first-order valence-corrected chi connectivity index (χ1v) is 8.44. The second-order valence-corrected chi connectivity index (χ2v) is 6.45. The highest BCUT2D eigenvalue weighted by atomic mass is 16.1. The van der Waals surface area contributed by atoms with Crippen molar-refractivity contribution in [2.75, 3.05) is 17.6 Å². The summed E-state index contributed by atoms with van der Waals surface area (Å²) in [6.07, 6.45) is 5.87. The Morgan fingerprint density at radius 1 is 1.26 bits per heavy atom. The molecule has 0 aliphatic heterocycles. The van der Waals surface area contributed by atoms with Crippen molar-refractivity contribution in [3.63, 3.8) is 0 Å². The molecule has 5 nitrogen and oxygen atoms in total. The molecule has 1 fully saturated rings. The number of rotatable bonds is 7. The number of anilines is 2. The minimum absolute atomic E-state index is 0.125. The van der Waals surface area contributed by atoms with Gasteiger partial charge in [-0.2, -0.15) is 0 Å². The third-order valence-electron chi connectivity index (χ3n) is 4.70. The van der Waals surface area contributed by atoms with E-state index in [0.29, 0.717) is 18.0 Å². The van der Waals surface area contributed by atoms with Crippen molar-refractivity contribution < 1.29 is 9.59 Å². The first kappa shape index (κ1) is 17.3. The standard InChI is InChI=1S/C18H27N3O2/c1-12(18(23)13-5-3-2-4-6-13)14-7-8-16(15(19)11-14)21-10-9-17(20)22/h7-8,11-13,21H,2-6,9-10,19H2,1H3,(H2,20,22). The molecule has 5 N–H and O–H groups in total. The molecule has 0 radical (unpaired) electrons. The van der Waals surface area contributed by atoms with Crippen LogP contribution in [-0.4, -0.2) is 18.2 Å². The number of nitrogens with one attached hydrogen (secondary N) is 1. The van der Waals surface area contributed by atoms with E-state index in [0.717, 1.165) is 36.9 Å². The SMILES string of the molecule is CC(C(=O)C1CCCCC1)c1ccc(NCCC(N)=O)c(N)c1. The molecule has 126 valence electrons. The number of benzene rings is 1. The molecule has 1 unspecified atom stereocenters. The third-order valence-corrected chi connectivity index (χ3v) is 4.70. The van der Waals surface area contributed by atoms with E-state index < -0.39 is 0 Å². The number of carbonyl (C=O) groups excluding carboxylic acids is 2. The number of amides is 1. The molecule has 23 heavy (non-hydrogen) atoms. The highest BCUT2D eigenvalue weighted by Gasteiger charge is 2.26. The lowest BCUT2D eigenvalue weighted by atomic mass is 9.80. The molecule has 1 aliphatic rings. The van der Waals surface area contributed by atoms with Gasteiger partial charge in [0.15, 0.2) is 0 Å². The van der Waals surface area contributed by atoms with Crippen LogP contribution in [0.3, 0.4) is 0 Å². The van der Waals surface area contributed by atoms with Gasteiger partial charge in [-0.15, -0.1) is 0 Å². The van der Waals surface area contributed by atoms with Crippen LogP contribution in [0.1, 0.15) is 56.9 Å². The van der Waals surface area contributed by atoms with E-state index in [4.69, 9.17) is 11.5 Å². The molecule has 0 aromatic heterocycles. The Hall–Kier alpha value is -2.04. The molecule has 1 saturated carbocycles. The summed E-state index contributed by atoms with van der Waals surface area (Å²) in [5.74, 6) is 0.0614. The summed E-state index contributed by atoms with van der Waals surface area (Å²) in [6.45, 7) is 2.42. The number of carbonyl (C=O) groups is 2. The van der Waals surface area contributed by atoms with E-state index >= 15 is 0 Å². The molecule has 2 rings (SSSR count). The molecule has 0 saturated heterocycles. The average molecular weight is 317 g/mol. The van der Waals surface area contributed by atoms with Gasteiger partial charge in [-0.3, -0.25) is 9.59 Å². The molecule has 1 amide bonds. The van der Waals surface area contributed by atoms with Gasteiger partial charge in [-0.1, -0.05) is 32.3 Å². The first-order chi connectivity index (χ1) is 11.0. The second kappa shape index (κ2) is 7.99. The molecule has 1 aromatic carbocycles. The number of hydrogen-bond acceptors (Lipinski definition) is 4. The molecule has 1 aliphatic carbocycles. The van der Waals surface area contributed by atoms with Crippen LogP contribution in [0.4, 0.5) is 11.4 Å². The molecule has 0 heterocycles. The van der Waals surface area contributed by atoms with E-state index in [9.17, 15) is 9.59 Å². The van der Waals surface area contributed by atoms with Crippen molar-refractivity contribution >= 4 is 23.1 Å². The average Bonchev–Trinajstić information content (AvgIpc) is 2.55. The van der Waals surface area contributed by atoms with Gasteiger partial charge in [-0.05, 0) is 30.5 Å². The van der Waals surface area contributed by atoms with Crippen molar-refractivity contribution in [2.45, 2.75) is 51.4 Å². The lowest BCUT2D eigenvalue weighted by molar-refractivity contribution is -0.125. The van der Waals surface area contributed by atoms with Crippen LogP contribution < -0.4 is 16.8 Å². The summed E-state index contributed by atoms with van der Waals surface area (Å²) in [5, 5.41) is 3.09. The van der Waals surface area contributed by atoms with Crippen LogP contribution in [0, 0.1) is 5.92 Å². The van der Waals surface area contributed by atoms with Gasteiger partial charge in [0.2, 0.25) is 5.91 Å². The largest absolute Gasteiger partial charge is 0.397 e. The lowest BCUT2D eigenvalue weighted by Gasteiger charge is -2.24. The fourth-order valence-electron chi connectivity index (χ4n) is 3.24. The van der Waals surface area contributed by atoms with Gasteiger partial charge in [0.25, 0.3) is 0 Å². The van der Waals surface area contributed by atoms with E-state index in [1.807, 2.05) is 25.1 Å². The zero-order valence-electron chi connectivity index (χ0n) is 13.8. The predicted molar refractivity (Wildman–Crippen MR) is 93.2 cm³/mol. The van der Waals surface area contributed by atoms with Crippen LogP contribution in [0.2, 0.25) is 0 Å². The van der Waals surface area contributed by atoms with Gasteiger partial charge in [-0.25, -0.2) is 0 Å². The van der Waals surface area contributed by atoms with Crippen LogP contribution in [0.25, 0.3) is 0 Å². The highest BCUT2D eigenvalue weighted by Crippen LogP contribution is 2.32. The van der Waals surface area contributed by atoms with Crippen molar-refractivity contribution in [1.82, 2.24) is 0 Å². The van der Waals surface area contributed by atoms with Gasteiger partial charge in [0.1, 0.15) is 5.78 Å². The Morgan fingerprint density at radius 3 is 2.57 bits per heavy atom. The van der Waals surface area contributed by atoms with Crippen LogP contribution in [0.5, 0.6) is 0 Å². The summed E-state index contributed by atoms with van der Waals surface area (Å²) >= 11 is 0. The molecule has 1 aromatic rings. The van der Waals surface area contributed by atoms with Crippen molar-refractivity contribution in [2.24, 2.45) is 11.7 Å². The second-order valence-electron chi connectivity index (χ2n) is 6.45. The number of nitrogens with two attached hydrogens (primary N) is 2. The zero-order valence-corrected chi connectivity index (χ0v) is 13.8. The van der Waals surface area contributed by atoms with Crippen LogP contribution in [-0.2, 0) is 9.59 Å². The topological polar surface area (TPSA) is 98.2 Å². The Labute approximate surface area is 137 Å². The summed E-state index contributed by atoms with van der Waals surface area (Å²) < 4.78 is 0. The normalized spacial score (nSPS) is 16.7. The van der Waals surface area contributed by atoms with Gasteiger partial charge >= 0.3 is 0 Å². The summed E-state index contributed by atoms with van der Waals surface area (Å²) in [5.41, 5.74) is 13.5. The van der Waals surface area contributed by atoms with Crippen molar-refractivity contribution in [1.29, 1.82) is 0 Å². The maximum Gasteiger partial charge on any atom is 0.219 e. The van der Waals surface area contributed by atoms with Crippen LogP contribution in [0.15, 0.2) is 18.2 Å². The van der Waals surface area contributed by atoms with E-state index in [1.165, 1.54) is 6.42 Å². The highest BCUT2D eigenvalue weighted by molar-refractivity contribution is 5.88. The Kier molecular flexibility index (Phi) is 6.02. The maximum atomic E-state index is 12.6. The number of hydrogen-bond donors (Lipinski definition) is 3. The van der Waals surface area contributed by atoms with Gasteiger partial charge in [0, 0.05) is 24.8 Å². The van der Waals surface area contributed by atoms with Crippen molar-refractivity contribution in [3.8, 4) is 0 Å². The Morgan fingerprint density at radius 2 is 1.96 bits per heavy atom. The Balaban J connectivity index is 2.00. The third kappa shape index (κ3) is 4.71. The van der Waals surface area contributed by atoms with Gasteiger partial charge in [0.05, 0.1) is 11.4 Å². The molecular weight excluding hydrogens is 290 g/mol. The summed E-state index contributed by atoms with van der Waals surface area (Å²) in [6, 6.07) is 5.67. The zero-order chi connectivity index (χ0) is 16.8. The fourth-order valence-corrected chi connectivity index (χ4v) is 3.24. The number of ketones is 1. The van der Waals surface area contributed by atoms with Crippen molar-refractivity contribution in [3.05, 3.63) is 23.8 Å². The number of nitrogen functional groups attached to an aromatic ring is 1. The molecule has 0 bridgehead atoms. The fraction of sp³-hybridized carbons (Fsp3) is 0.556. The van der Waals surface area contributed by atoms with Crippen LogP contribution >= 0.6 is 0 Å². The first-order valence-electron chi connectivity index (χ1n) is 8.44. The minimum atomic E-state index is -0.348. The molecular formula is C18H27N3O2. The lowest BCUT2D eigenvalue weighted by Crippen LogP contribution is -2.22. The number of primary amides is 1. The van der Waals surface area contributed by atoms with Gasteiger partial charge < -0.3 is 16.8 Å². The predicted octanol–water partition coefficient (Wildman–Crippen LogP) is 2.81. The monoisotopic (exact) mass is 317 g/mol. The minimum Gasteiger partial charge on any atom is -0.397 e. The quantitative estimate of drug-likeness (QED) is 0.673. The molecule has 1 atom stereocenters. The Bertz CT molecular complexity index is 565. The van der Waals surface area contributed by atoms with E-state index in [2.05, 4.69) is 5.32 Å². The maximum absolute atomic E-state index is 12.6. The smallest absolute Gasteiger partial charge is 0.219 e. The summed E-state index contributed by atoms with van der Waals surface area (Å²) in [7, 11) is 0. The molecule has 0 spiro atoms. The number of Topliss-reactive ketones (excluding diaryl/α,β-unsaturated/α-hetero) is 1.